The fourth-order valence-electron chi connectivity index (χ4n) is 1.81. The molecule has 0 spiro atoms. The van der Waals surface area contributed by atoms with E-state index in [4.69, 9.17) is 5.73 Å². The number of benzene rings is 1. The lowest BCUT2D eigenvalue weighted by molar-refractivity contribution is 0.116. The number of likely N-dealkylation sites (N-methyl/N-ethyl adjacent to an activating group) is 1. The number of rotatable bonds is 6. The molecule has 0 heterocycles. The molecule has 0 bridgehead atoms. The van der Waals surface area contributed by atoms with Gasteiger partial charge in [0.1, 0.15) is 0 Å². The molecule has 1 aromatic carbocycles. The van der Waals surface area contributed by atoms with Gasteiger partial charge in [0, 0.05) is 12.2 Å². The van der Waals surface area contributed by atoms with E-state index in [1.165, 1.54) is 0 Å². The first kappa shape index (κ1) is 13.0. The molecule has 3 nitrogen and oxygen atoms in total. The van der Waals surface area contributed by atoms with E-state index in [1.54, 1.807) is 0 Å². The van der Waals surface area contributed by atoms with Crippen molar-refractivity contribution in [2.24, 2.45) is 0 Å². The average Bonchev–Trinajstić information content (AvgIpc) is 2.28. The van der Waals surface area contributed by atoms with Gasteiger partial charge in [-0.1, -0.05) is 26.0 Å². The minimum atomic E-state index is -0.449. The SMILES string of the molecule is CCCN(CC)CC(O)c1cccc(N)c1. The van der Waals surface area contributed by atoms with Crippen LogP contribution in [0.2, 0.25) is 0 Å². The van der Waals surface area contributed by atoms with Crippen molar-refractivity contribution in [2.45, 2.75) is 26.4 Å². The molecule has 1 atom stereocenters. The highest BCUT2D eigenvalue weighted by molar-refractivity contribution is 5.41. The standard InChI is InChI=1S/C13H22N2O/c1-3-8-15(4-2)10-13(16)11-6-5-7-12(14)9-11/h5-7,9,13,16H,3-4,8,10,14H2,1-2H3. The molecule has 0 saturated heterocycles. The van der Waals surface area contributed by atoms with Gasteiger partial charge in [-0.05, 0) is 37.2 Å². The maximum Gasteiger partial charge on any atom is 0.0917 e. The Bertz CT molecular complexity index is 315. The highest BCUT2D eigenvalue weighted by Crippen LogP contribution is 2.16. The molecule has 0 fully saturated rings. The topological polar surface area (TPSA) is 49.5 Å². The predicted octanol–water partition coefficient (Wildman–Crippen LogP) is 2.03. The third kappa shape index (κ3) is 3.83. The predicted molar refractivity (Wildman–Crippen MR) is 68.2 cm³/mol. The van der Waals surface area contributed by atoms with Crippen molar-refractivity contribution in [2.75, 3.05) is 25.4 Å². The van der Waals surface area contributed by atoms with E-state index in [2.05, 4.69) is 18.7 Å². The van der Waals surface area contributed by atoms with E-state index in [-0.39, 0.29) is 0 Å². The molecular formula is C13H22N2O. The van der Waals surface area contributed by atoms with Crippen LogP contribution in [-0.4, -0.2) is 29.6 Å². The highest BCUT2D eigenvalue weighted by Gasteiger charge is 2.11. The smallest absolute Gasteiger partial charge is 0.0917 e. The summed E-state index contributed by atoms with van der Waals surface area (Å²) in [4.78, 5) is 2.24. The Morgan fingerprint density at radius 1 is 1.38 bits per heavy atom. The van der Waals surface area contributed by atoms with Crippen LogP contribution >= 0.6 is 0 Å². The fourth-order valence-corrected chi connectivity index (χ4v) is 1.81. The lowest BCUT2D eigenvalue weighted by Crippen LogP contribution is -2.29. The summed E-state index contributed by atoms with van der Waals surface area (Å²) in [6.45, 7) is 6.92. The Kier molecular flexibility index (Phi) is 5.29. The van der Waals surface area contributed by atoms with Crippen LogP contribution in [0.5, 0.6) is 0 Å². The number of anilines is 1. The van der Waals surface area contributed by atoms with Gasteiger partial charge in [0.2, 0.25) is 0 Å². The zero-order chi connectivity index (χ0) is 12.0. The molecule has 1 rings (SSSR count). The molecule has 16 heavy (non-hydrogen) atoms. The number of nitrogen functional groups attached to an aromatic ring is 1. The first-order chi connectivity index (χ1) is 7.67. The van der Waals surface area contributed by atoms with Crippen LogP contribution in [0.4, 0.5) is 5.69 Å². The Hall–Kier alpha value is -1.06. The largest absolute Gasteiger partial charge is 0.399 e. The molecule has 0 aliphatic rings. The zero-order valence-electron chi connectivity index (χ0n) is 10.2. The minimum absolute atomic E-state index is 0.449. The third-order valence-corrected chi connectivity index (χ3v) is 2.71. The van der Waals surface area contributed by atoms with Gasteiger partial charge in [-0.3, -0.25) is 0 Å². The van der Waals surface area contributed by atoms with Gasteiger partial charge in [0.15, 0.2) is 0 Å². The van der Waals surface area contributed by atoms with Crippen LogP contribution in [-0.2, 0) is 0 Å². The molecule has 1 unspecified atom stereocenters. The first-order valence-electron chi connectivity index (χ1n) is 5.93. The maximum absolute atomic E-state index is 10.1. The average molecular weight is 222 g/mol. The van der Waals surface area contributed by atoms with Gasteiger partial charge in [0.25, 0.3) is 0 Å². The van der Waals surface area contributed by atoms with Crippen molar-refractivity contribution in [1.29, 1.82) is 0 Å². The molecule has 1 aromatic rings. The monoisotopic (exact) mass is 222 g/mol. The van der Waals surface area contributed by atoms with Gasteiger partial charge < -0.3 is 15.7 Å². The first-order valence-corrected chi connectivity index (χ1v) is 5.93. The van der Waals surface area contributed by atoms with E-state index in [0.717, 1.165) is 25.1 Å². The molecule has 0 radical (unpaired) electrons. The number of aliphatic hydroxyl groups is 1. The number of nitrogens with two attached hydrogens (primary N) is 1. The van der Waals surface area contributed by atoms with Crippen LogP contribution in [0, 0.1) is 0 Å². The van der Waals surface area contributed by atoms with E-state index in [0.29, 0.717) is 12.2 Å². The molecule has 0 aromatic heterocycles. The highest BCUT2D eigenvalue weighted by atomic mass is 16.3. The molecular weight excluding hydrogens is 200 g/mol. The molecule has 0 aliphatic heterocycles. The lowest BCUT2D eigenvalue weighted by atomic mass is 10.1. The summed E-state index contributed by atoms with van der Waals surface area (Å²) in [7, 11) is 0. The van der Waals surface area contributed by atoms with Crippen molar-refractivity contribution < 1.29 is 5.11 Å². The second-order valence-corrected chi connectivity index (χ2v) is 4.08. The second kappa shape index (κ2) is 6.51. The lowest BCUT2D eigenvalue weighted by Gasteiger charge is -2.23. The van der Waals surface area contributed by atoms with Crippen molar-refractivity contribution in [3.05, 3.63) is 29.8 Å². The van der Waals surface area contributed by atoms with Gasteiger partial charge in [-0.2, -0.15) is 0 Å². The van der Waals surface area contributed by atoms with Crippen molar-refractivity contribution >= 4 is 5.69 Å². The fraction of sp³-hybridized carbons (Fsp3) is 0.538. The summed E-state index contributed by atoms with van der Waals surface area (Å²) in [5.41, 5.74) is 7.30. The van der Waals surface area contributed by atoms with Crippen LogP contribution in [0.3, 0.4) is 0 Å². The Morgan fingerprint density at radius 2 is 2.12 bits per heavy atom. The molecule has 3 N–H and O–H groups in total. The maximum atomic E-state index is 10.1. The number of aliphatic hydroxyl groups excluding tert-OH is 1. The van der Waals surface area contributed by atoms with Gasteiger partial charge in [-0.15, -0.1) is 0 Å². The van der Waals surface area contributed by atoms with Crippen molar-refractivity contribution in [3.63, 3.8) is 0 Å². The van der Waals surface area contributed by atoms with E-state index in [1.807, 2.05) is 24.3 Å². The quantitative estimate of drug-likeness (QED) is 0.724. The molecule has 0 amide bonds. The molecule has 90 valence electrons. The second-order valence-electron chi connectivity index (χ2n) is 4.08. The molecule has 0 saturated carbocycles. The Morgan fingerprint density at radius 3 is 2.69 bits per heavy atom. The van der Waals surface area contributed by atoms with Crippen LogP contribution in [0.25, 0.3) is 0 Å². The molecule has 0 aliphatic carbocycles. The normalized spacial score (nSPS) is 13.0. The summed E-state index contributed by atoms with van der Waals surface area (Å²) >= 11 is 0. The molecule has 3 heteroatoms. The summed E-state index contributed by atoms with van der Waals surface area (Å²) < 4.78 is 0. The summed E-state index contributed by atoms with van der Waals surface area (Å²) in [6, 6.07) is 7.47. The number of hydrogen-bond donors (Lipinski definition) is 2. The van der Waals surface area contributed by atoms with Gasteiger partial charge in [0.05, 0.1) is 6.10 Å². The van der Waals surface area contributed by atoms with E-state index in [9.17, 15) is 5.11 Å². The van der Waals surface area contributed by atoms with Gasteiger partial charge in [-0.25, -0.2) is 0 Å². The van der Waals surface area contributed by atoms with Crippen LogP contribution in [0.1, 0.15) is 31.9 Å². The van der Waals surface area contributed by atoms with Crippen molar-refractivity contribution in [1.82, 2.24) is 4.90 Å². The number of hydrogen-bond acceptors (Lipinski definition) is 3. The number of nitrogens with zero attached hydrogens (tertiary/aromatic N) is 1. The summed E-state index contributed by atoms with van der Waals surface area (Å²) in [6.07, 6.45) is 0.660. The van der Waals surface area contributed by atoms with Crippen LogP contribution < -0.4 is 5.73 Å². The van der Waals surface area contributed by atoms with E-state index < -0.39 is 6.10 Å². The third-order valence-electron chi connectivity index (χ3n) is 2.71. The Labute approximate surface area is 97.9 Å². The van der Waals surface area contributed by atoms with E-state index >= 15 is 0 Å². The summed E-state index contributed by atoms with van der Waals surface area (Å²) in [5, 5.41) is 10.1. The minimum Gasteiger partial charge on any atom is -0.399 e. The van der Waals surface area contributed by atoms with Crippen molar-refractivity contribution in [3.8, 4) is 0 Å². The Balaban J connectivity index is 2.60. The summed E-state index contributed by atoms with van der Waals surface area (Å²) in [5.74, 6) is 0. The zero-order valence-corrected chi connectivity index (χ0v) is 10.2. The van der Waals surface area contributed by atoms with Crippen LogP contribution in [0.15, 0.2) is 24.3 Å². The van der Waals surface area contributed by atoms with Gasteiger partial charge >= 0.3 is 0 Å².